The van der Waals surface area contributed by atoms with Crippen molar-refractivity contribution in [2.24, 2.45) is 21.9 Å². The molecule has 4 heteroatoms. The van der Waals surface area contributed by atoms with Crippen molar-refractivity contribution in [3.63, 3.8) is 0 Å². The molecule has 0 radical (unpaired) electrons. The molecule has 2 aliphatic rings. The van der Waals surface area contributed by atoms with Gasteiger partial charge in [-0.2, -0.15) is 0 Å². The number of alkyl halides is 1. The van der Waals surface area contributed by atoms with Crippen LogP contribution in [-0.4, -0.2) is 21.1 Å². The van der Waals surface area contributed by atoms with Crippen LogP contribution in [0.2, 0.25) is 0 Å². The van der Waals surface area contributed by atoms with E-state index in [1.165, 1.54) is 0 Å². The minimum Gasteiger partial charge on any atom is -0.411 e. The second-order valence-electron chi connectivity index (χ2n) is 4.79. The number of carbonyl (C=O) groups is 1. The molecule has 2 bridgehead atoms. The predicted molar refractivity (Wildman–Crippen MR) is 62.1 cm³/mol. The summed E-state index contributed by atoms with van der Waals surface area (Å²) in [6, 6.07) is 0. The SMILES string of the molecule is C[C@@]12CC[C@@H](/C(=N\O)C1=O)[C@@]2(C)CI. The van der Waals surface area contributed by atoms with Crippen LogP contribution in [0, 0.1) is 16.7 Å². The summed E-state index contributed by atoms with van der Waals surface area (Å²) >= 11 is 2.33. The normalized spacial score (nSPS) is 49.2. The van der Waals surface area contributed by atoms with E-state index in [0.717, 1.165) is 17.3 Å². The second-order valence-corrected chi connectivity index (χ2v) is 5.55. The summed E-state index contributed by atoms with van der Waals surface area (Å²) in [7, 11) is 0. The number of hydrogen-bond donors (Lipinski definition) is 1. The van der Waals surface area contributed by atoms with E-state index in [0.29, 0.717) is 5.71 Å². The fourth-order valence-electron chi connectivity index (χ4n) is 3.03. The molecular weight excluding hydrogens is 293 g/mol. The van der Waals surface area contributed by atoms with Gasteiger partial charge >= 0.3 is 0 Å². The fraction of sp³-hybridized carbons (Fsp3) is 0.800. The van der Waals surface area contributed by atoms with Gasteiger partial charge in [0.25, 0.3) is 0 Å². The lowest BCUT2D eigenvalue weighted by molar-refractivity contribution is -0.123. The topological polar surface area (TPSA) is 49.7 Å². The van der Waals surface area contributed by atoms with Gasteiger partial charge in [-0.15, -0.1) is 0 Å². The molecule has 2 aliphatic carbocycles. The summed E-state index contributed by atoms with van der Waals surface area (Å²) in [5.74, 6) is 0.234. The third-order valence-corrected chi connectivity index (χ3v) is 6.00. The first kappa shape index (κ1) is 10.4. The molecule has 0 aliphatic heterocycles. The standard InChI is InChI=1S/C10H14INO2/c1-9-4-3-6(10(9,2)5-11)7(12-14)8(9)13/h6,14H,3-5H2,1-2H3/b12-7+/t6-,9+,10+/m0/s1. The maximum Gasteiger partial charge on any atom is 0.187 e. The minimum atomic E-state index is -0.291. The quantitative estimate of drug-likeness (QED) is 0.350. The van der Waals surface area contributed by atoms with E-state index in [9.17, 15) is 4.79 Å². The largest absolute Gasteiger partial charge is 0.411 e. The van der Waals surface area contributed by atoms with E-state index in [1.807, 2.05) is 6.92 Å². The Balaban J connectivity index is 2.56. The van der Waals surface area contributed by atoms with E-state index >= 15 is 0 Å². The number of carbonyl (C=O) groups excluding carboxylic acids is 1. The monoisotopic (exact) mass is 307 g/mol. The third-order valence-electron chi connectivity index (χ3n) is 4.41. The van der Waals surface area contributed by atoms with Gasteiger partial charge in [0.05, 0.1) is 0 Å². The lowest BCUT2D eigenvalue weighted by Gasteiger charge is -2.33. The summed E-state index contributed by atoms with van der Waals surface area (Å²) in [5, 5.41) is 12.1. The zero-order valence-corrected chi connectivity index (χ0v) is 10.5. The van der Waals surface area contributed by atoms with Gasteiger partial charge in [-0.05, 0) is 18.3 Å². The Morgan fingerprint density at radius 1 is 1.64 bits per heavy atom. The van der Waals surface area contributed by atoms with E-state index in [1.54, 1.807) is 0 Å². The van der Waals surface area contributed by atoms with Gasteiger partial charge in [0.1, 0.15) is 5.71 Å². The van der Waals surface area contributed by atoms with Crippen LogP contribution in [0.3, 0.4) is 0 Å². The molecule has 0 spiro atoms. The fourth-order valence-corrected chi connectivity index (χ4v) is 4.40. The number of fused-ring (bicyclic) bond motifs is 2. The first-order valence-corrected chi connectivity index (χ1v) is 6.36. The zero-order chi connectivity index (χ0) is 10.6. The number of rotatable bonds is 1. The second kappa shape index (κ2) is 2.93. The molecule has 0 unspecified atom stereocenters. The maximum absolute atomic E-state index is 12.0. The maximum atomic E-state index is 12.0. The van der Waals surface area contributed by atoms with Crippen LogP contribution in [0.5, 0.6) is 0 Å². The van der Waals surface area contributed by atoms with Gasteiger partial charge in [0.15, 0.2) is 5.78 Å². The van der Waals surface area contributed by atoms with Crippen molar-refractivity contribution >= 4 is 34.1 Å². The first-order valence-electron chi connectivity index (χ1n) is 4.84. The summed E-state index contributed by atoms with van der Waals surface area (Å²) in [5.41, 5.74) is 0.116. The molecule has 0 saturated heterocycles. The van der Waals surface area contributed by atoms with Gasteiger partial charge in [0, 0.05) is 15.8 Å². The van der Waals surface area contributed by atoms with Gasteiger partial charge in [-0.3, -0.25) is 4.79 Å². The van der Waals surface area contributed by atoms with E-state index < -0.39 is 0 Å². The van der Waals surface area contributed by atoms with Crippen LogP contribution >= 0.6 is 22.6 Å². The molecule has 0 aromatic heterocycles. The molecular formula is C10H14INO2. The third kappa shape index (κ3) is 0.882. The molecule has 2 fully saturated rings. The zero-order valence-electron chi connectivity index (χ0n) is 8.38. The summed E-state index contributed by atoms with van der Waals surface area (Å²) in [6.45, 7) is 4.17. The van der Waals surface area contributed by atoms with Crippen molar-refractivity contribution in [2.75, 3.05) is 4.43 Å². The Morgan fingerprint density at radius 2 is 2.29 bits per heavy atom. The summed E-state index contributed by atoms with van der Waals surface area (Å²) in [4.78, 5) is 12.0. The molecule has 14 heavy (non-hydrogen) atoms. The van der Waals surface area contributed by atoms with Crippen LogP contribution in [0.1, 0.15) is 26.7 Å². The average Bonchev–Trinajstić information content (AvgIpc) is 2.52. The Labute approximate surface area is 97.1 Å². The smallest absolute Gasteiger partial charge is 0.187 e. The highest BCUT2D eigenvalue weighted by atomic mass is 127. The van der Waals surface area contributed by atoms with E-state index in [4.69, 9.17) is 5.21 Å². The molecule has 3 nitrogen and oxygen atoms in total. The van der Waals surface area contributed by atoms with Crippen molar-refractivity contribution < 1.29 is 10.0 Å². The number of Topliss-reactive ketones (excluding diaryl/α,β-unsaturated/α-hetero) is 1. The summed E-state index contributed by atoms with van der Waals surface area (Å²) in [6.07, 6.45) is 1.93. The van der Waals surface area contributed by atoms with Crippen LogP contribution in [-0.2, 0) is 4.79 Å². The van der Waals surface area contributed by atoms with Gasteiger partial charge in [-0.1, -0.05) is 41.6 Å². The Morgan fingerprint density at radius 3 is 2.64 bits per heavy atom. The summed E-state index contributed by atoms with van der Waals surface area (Å²) < 4.78 is 0.941. The van der Waals surface area contributed by atoms with E-state index in [2.05, 4.69) is 34.7 Å². The molecule has 78 valence electrons. The molecule has 0 aromatic carbocycles. The highest BCUT2D eigenvalue weighted by Gasteiger charge is 2.67. The van der Waals surface area contributed by atoms with Crippen molar-refractivity contribution in [3.8, 4) is 0 Å². The predicted octanol–water partition coefficient (Wildman–Crippen LogP) is 2.26. The van der Waals surface area contributed by atoms with Gasteiger partial charge in [0.2, 0.25) is 0 Å². The Hall–Kier alpha value is -0.130. The van der Waals surface area contributed by atoms with Crippen molar-refractivity contribution in [2.45, 2.75) is 26.7 Å². The number of nitrogens with zero attached hydrogens (tertiary/aromatic N) is 1. The molecule has 1 N–H and O–H groups in total. The van der Waals surface area contributed by atoms with E-state index in [-0.39, 0.29) is 22.5 Å². The number of halogens is 1. The highest BCUT2D eigenvalue weighted by molar-refractivity contribution is 14.1. The van der Waals surface area contributed by atoms with Crippen LogP contribution < -0.4 is 0 Å². The van der Waals surface area contributed by atoms with Crippen LogP contribution in [0.15, 0.2) is 5.16 Å². The van der Waals surface area contributed by atoms with Gasteiger partial charge < -0.3 is 5.21 Å². The molecule has 3 atom stereocenters. The van der Waals surface area contributed by atoms with Crippen LogP contribution in [0.4, 0.5) is 0 Å². The molecule has 0 amide bonds. The highest BCUT2D eigenvalue weighted by Crippen LogP contribution is 2.63. The minimum absolute atomic E-state index is 0.00773. The Kier molecular flexibility index (Phi) is 2.18. The van der Waals surface area contributed by atoms with Crippen molar-refractivity contribution in [1.82, 2.24) is 0 Å². The number of ketones is 1. The molecule has 2 rings (SSSR count). The lowest BCUT2D eigenvalue weighted by Crippen LogP contribution is -2.36. The first-order chi connectivity index (χ1) is 6.51. The van der Waals surface area contributed by atoms with Crippen molar-refractivity contribution in [1.29, 1.82) is 0 Å². The van der Waals surface area contributed by atoms with Crippen LogP contribution in [0.25, 0.3) is 0 Å². The van der Waals surface area contributed by atoms with Crippen molar-refractivity contribution in [3.05, 3.63) is 0 Å². The molecule has 0 heterocycles. The lowest BCUT2D eigenvalue weighted by atomic mass is 9.70. The Bertz CT molecular complexity index is 328. The number of hydrogen-bond acceptors (Lipinski definition) is 3. The molecule has 0 aromatic rings. The van der Waals surface area contributed by atoms with Gasteiger partial charge in [-0.25, -0.2) is 0 Å². The molecule has 2 saturated carbocycles. The average molecular weight is 307 g/mol. The number of oxime groups is 1.